The van der Waals surface area contributed by atoms with Gasteiger partial charge in [0.25, 0.3) is 0 Å². The van der Waals surface area contributed by atoms with Crippen LogP contribution in [0.15, 0.2) is 59.5 Å². The standard InChI is InChI=1S/C19H24N2O2S/c1-17-7-9-19(10-8-17)24(22,23)21-15-13-20(14-16-21)12-11-18-5-3-2-4-6-18/h2-10H,11-16H2,1H3. The normalized spacial score (nSPS) is 17.0. The fourth-order valence-corrected chi connectivity index (χ4v) is 4.41. The van der Waals surface area contributed by atoms with E-state index in [1.807, 2.05) is 25.1 Å². The SMILES string of the molecule is Cc1ccc(S(=O)(=O)N2CCN(CCc3ccccc3)CC2)cc1. The Morgan fingerprint density at radius 1 is 0.875 bits per heavy atom. The van der Waals surface area contributed by atoms with Crippen LogP contribution in [0.4, 0.5) is 0 Å². The monoisotopic (exact) mass is 344 g/mol. The second kappa shape index (κ2) is 7.47. The number of rotatable bonds is 5. The zero-order valence-corrected chi connectivity index (χ0v) is 14.9. The Bertz CT molecular complexity index is 750. The molecule has 0 atom stereocenters. The molecule has 0 N–H and O–H groups in total. The second-order valence-electron chi connectivity index (χ2n) is 6.29. The highest BCUT2D eigenvalue weighted by Crippen LogP contribution is 2.18. The molecule has 1 aliphatic rings. The Kier molecular flexibility index (Phi) is 5.33. The van der Waals surface area contributed by atoms with Gasteiger partial charge in [0.1, 0.15) is 0 Å². The molecule has 2 aromatic rings. The molecule has 0 amide bonds. The molecule has 0 aromatic heterocycles. The summed E-state index contributed by atoms with van der Waals surface area (Å²) in [6, 6.07) is 17.5. The van der Waals surface area contributed by atoms with E-state index in [2.05, 4.69) is 29.2 Å². The number of piperazine rings is 1. The van der Waals surface area contributed by atoms with Crippen LogP contribution in [-0.2, 0) is 16.4 Å². The molecule has 0 saturated carbocycles. The molecule has 2 aromatic carbocycles. The maximum atomic E-state index is 12.7. The van der Waals surface area contributed by atoms with Gasteiger partial charge in [0.2, 0.25) is 10.0 Å². The first-order chi connectivity index (χ1) is 11.6. The predicted octanol–water partition coefficient (Wildman–Crippen LogP) is 2.54. The minimum atomic E-state index is -3.36. The van der Waals surface area contributed by atoms with Crippen molar-refractivity contribution in [2.75, 3.05) is 32.7 Å². The largest absolute Gasteiger partial charge is 0.300 e. The quantitative estimate of drug-likeness (QED) is 0.837. The van der Waals surface area contributed by atoms with E-state index in [1.165, 1.54) is 5.56 Å². The molecule has 1 aliphatic heterocycles. The molecule has 1 saturated heterocycles. The summed E-state index contributed by atoms with van der Waals surface area (Å²) in [4.78, 5) is 2.74. The van der Waals surface area contributed by atoms with Crippen LogP contribution in [0, 0.1) is 6.92 Å². The molecule has 1 fully saturated rings. The highest BCUT2D eigenvalue weighted by molar-refractivity contribution is 7.89. The van der Waals surface area contributed by atoms with Gasteiger partial charge in [-0.3, -0.25) is 0 Å². The van der Waals surface area contributed by atoms with E-state index >= 15 is 0 Å². The molecule has 0 bridgehead atoms. The van der Waals surface area contributed by atoms with E-state index in [-0.39, 0.29) is 0 Å². The van der Waals surface area contributed by atoms with E-state index in [0.717, 1.165) is 31.6 Å². The van der Waals surface area contributed by atoms with E-state index in [9.17, 15) is 8.42 Å². The van der Waals surface area contributed by atoms with Crippen LogP contribution in [0.25, 0.3) is 0 Å². The molecule has 5 heteroatoms. The van der Waals surface area contributed by atoms with Crippen LogP contribution in [0.1, 0.15) is 11.1 Å². The van der Waals surface area contributed by atoms with E-state index in [1.54, 1.807) is 16.4 Å². The van der Waals surface area contributed by atoms with Crippen molar-refractivity contribution in [3.05, 3.63) is 65.7 Å². The van der Waals surface area contributed by atoms with Crippen molar-refractivity contribution in [2.45, 2.75) is 18.2 Å². The first-order valence-electron chi connectivity index (χ1n) is 8.39. The smallest absolute Gasteiger partial charge is 0.243 e. The van der Waals surface area contributed by atoms with Crippen LogP contribution in [0.5, 0.6) is 0 Å². The van der Waals surface area contributed by atoms with Crippen molar-refractivity contribution < 1.29 is 8.42 Å². The fourth-order valence-electron chi connectivity index (χ4n) is 2.98. The first kappa shape index (κ1) is 17.1. The Hall–Kier alpha value is -1.69. The van der Waals surface area contributed by atoms with Gasteiger partial charge in [-0.15, -0.1) is 0 Å². The average molecular weight is 344 g/mol. The third-order valence-electron chi connectivity index (χ3n) is 4.55. The minimum Gasteiger partial charge on any atom is -0.300 e. The van der Waals surface area contributed by atoms with Crippen molar-refractivity contribution in [1.82, 2.24) is 9.21 Å². The van der Waals surface area contributed by atoms with E-state index < -0.39 is 10.0 Å². The summed E-state index contributed by atoms with van der Waals surface area (Å²) in [5, 5.41) is 0. The molecule has 0 unspecified atom stereocenters. The minimum absolute atomic E-state index is 0.394. The third kappa shape index (κ3) is 4.04. The maximum Gasteiger partial charge on any atom is 0.243 e. The van der Waals surface area contributed by atoms with Crippen molar-refractivity contribution in [3.63, 3.8) is 0 Å². The number of benzene rings is 2. The van der Waals surface area contributed by atoms with Crippen molar-refractivity contribution in [3.8, 4) is 0 Å². The lowest BCUT2D eigenvalue weighted by molar-refractivity contribution is 0.190. The Labute approximate surface area is 144 Å². The Balaban J connectivity index is 1.55. The summed E-state index contributed by atoms with van der Waals surface area (Å²) in [6.07, 6.45) is 1.01. The van der Waals surface area contributed by atoms with Gasteiger partial charge in [0.05, 0.1) is 4.90 Å². The topological polar surface area (TPSA) is 40.6 Å². The molecular formula is C19H24N2O2S. The van der Waals surface area contributed by atoms with Gasteiger partial charge in [0.15, 0.2) is 0 Å². The van der Waals surface area contributed by atoms with E-state index in [0.29, 0.717) is 18.0 Å². The summed E-state index contributed by atoms with van der Waals surface area (Å²) >= 11 is 0. The molecule has 0 aliphatic carbocycles. The Morgan fingerprint density at radius 2 is 1.50 bits per heavy atom. The van der Waals surface area contributed by atoms with Crippen molar-refractivity contribution in [1.29, 1.82) is 0 Å². The predicted molar refractivity (Wildman–Crippen MR) is 96.5 cm³/mol. The van der Waals surface area contributed by atoms with Crippen LogP contribution < -0.4 is 0 Å². The van der Waals surface area contributed by atoms with Crippen LogP contribution in [-0.4, -0.2) is 50.3 Å². The fraction of sp³-hybridized carbons (Fsp3) is 0.368. The number of sulfonamides is 1. The molecule has 1 heterocycles. The van der Waals surface area contributed by atoms with Crippen molar-refractivity contribution >= 4 is 10.0 Å². The lowest BCUT2D eigenvalue weighted by atomic mass is 10.1. The molecule has 0 radical (unpaired) electrons. The number of nitrogens with zero attached hydrogens (tertiary/aromatic N) is 2. The average Bonchev–Trinajstić information content (AvgIpc) is 2.61. The van der Waals surface area contributed by atoms with Crippen molar-refractivity contribution in [2.24, 2.45) is 0 Å². The van der Waals surface area contributed by atoms with Gasteiger partial charge >= 0.3 is 0 Å². The summed E-state index contributed by atoms with van der Waals surface area (Å²) < 4.78 is 27.0. The van der Waals surface area contributed by atoms with Gasteiger partial charge in [-0.05, 0) is 31.0 Å². The summed E-state index contributed by atoms with van der Waals surface area (Å²) in [5.41, 5.74) is 2.40. The second-order valence-corrected chi connectivity index (χ2v) is 8.23. The number of aryl methyl sites for hydroxylation is 1. The molecule has 4 nitrogen and oxygen atoms in total. The van der Waals surface area contributed by atoms with Gasteiger partial charge in [-0.2, -0.15) is 4.31 Å². The first-order valence-corrected chi connectivity index (χ1v) is 9.83. The molecule has 0 spiro atoms. The highest BCUT2D eigenvalue weighted by Gasteiger charge is 2.28. The van der Waals surface area contributed by atoms with Gasteiger partial charge < -0.3 is 4.90 Å². The Morgan fingerprint density at radius 3 is 2.12 bits per heavy atom. The summed E-state index contributed by atoms with van der Waals surface area (Å²) in [7, 11) is -3.36. The van der Waals surface area contributed by atoms with Gasteiger partial charge in [0, 0.05) is 32.7 Å². The highest BCUT2D eigenvalue weighted by atomic mass is 32.2. The zero-order chi connectivity index (χ0) is 17.0. The summed E-state index contributed by atoms with van der Waals surface area (Å²) in [5.74, 6) is 0. The molecule has 3 rings (SSSR count). The third-order valence-corrected chi connectivity index (χ3v) is 6.46. The van der Waals surface area contributed by atoms with Crippen LogP contribution in [0.3, 0.4) is 0 Å². The van der Waals surface area contributed by atoms with Crippen LogP contribution in [0.2, 0.25) is 0 Å². The van der Waals surface area contributed by atoms with E-state index in [4.69, 9.17) is 0 Å². The molecule has 128 valence electrons. The van der Waals surface area contributed by atoms with Gasteiger partial charge in [-0.1, -0.05) is 48.0 Å². The zero-order valence-electron chi connectivity index (χ0n) is 14.1. The maximum absolute atomic E-state index is 12.7. The molecule has 24 heavy (non-hydrogen) atoms. The number of hydrogen-bond donors (Lipinski definition) is 0. The lowest BCUT2D eigenvalue weighted by Gasteiger charge is -2.34. The molecular weight excluding hydrogens is 320 g/mol. The summed E-state index contributed by atoms with van der Waals surface area (Å²) in [6.45, 7) is 5.64. The van der Waals surface area contributed by atoms with Gasteiger partial charge in [-0.25, -0.2) is 8.42 Å². The number of hydrogen-bond acceptors (Lipinski definition) is 3. The lowest BCUT2D eigenvalue weighted by Crippen LogP contribution is -2.48. The van der Waals surface area contributed by atoms with Crippen LogP contribution >= 0.6 is 0 Å².